The summed E-state index contributed by atoms with van der Waals surface area (Å²) in [4.78, 5) is 26.9. The lowest BCUT2D eigenvalue weighted by molar-refractivity contribution is 0.0957. The molecule has 0 spiro atoms. The van der Waals surface area contributed by atoms with E-state index < -0.39 is 0 Å². The van der Waals surface area contributed by atoms with Crippen LogP contribution in [0.4, 0.5) is 0 Å². The Kier molecular flexibility index (Phi) is 5.48. The zero-order valence-electron chi connectivity index (χ0n) is 14.0. The molecule has 1 N–H and O–H groups in total. The highest BCUT2D eigenvalue weighted by Gasteiger charge is 2.21. The van der Waals surface area contributed by atoms with Gasteiger partial charge in [0.05, 0.1) is 5.69 Å². The number of carbonyl (C=O) groups is 1. The van der Waals surface area contributed by atoms with Gasteiger partial charge >= 0.3 is 0 Å². The van der Waals surface area contributed by atoms with E-state index in [1.165, 1.54) is 19.2 Å². The Morgan fingerprint density at radius 1 is 1.29 bits per heavy atom. The number of rotatable bonds is 5. The summed E-state index contributed by atoms with van der Waals surface area (Å²) >= 11 is 0. The first-order valence-corrected chi connectivity index (χ1v) is 8.40. The first-order valence-electron chi connectivity index (χ1n) is 8.40. The van der Waals surface area contributed by atoms with Crippen molar-refractivity contribution >= 4 is 5.91 Å². The number of pyridine rings is 1. The molecule has 0 bridgehead atoms. The van der Waals surface area contributed by atoms with Gasteiger partial charge in [0.2, 0.25) is 0 Å². The van der Waals surface area contributed by atoms with Crippen LogP contribution >= 0.6 is 0 Å². The lowest BCUT2D eigenvalue weighted by Gasteiger charge is -2.32. The molecule has 3 rings (SSSR count). The van der Waals surface area contributed by atoms with Crippen molar-refractivity contribution < 1.29 is 4.79 Å². The van der Waals surface area contributed by atoms with Crippen molar-refractivity contribution in [2.45, 2.75) is 25.8 Å². The van der Waals surface area contributed by atoms with E-state index >= 15 is 0 Å². The van der Waals surface area contributed by atoms with Crippen LogP contribution < -0.4 is 5.32 Å². The van der Waals surface area contributed by atoms with Crippen LogP contribution in [0.1, 0.15) is 34.7 Å². The van der Waals surface area contributed by atoms with Crippen LogP contribution in [0.3, 0.4) is 0 Å². The van der Waals surface area contributed by atoms with Gasteiger partial charge < -0.3 is 5.32 Å². The van der Waals surface area contributed by atoms with Gasteiger partial charge in [-0.1, -0.05) is 6.07 Å². The van der Waals surface area contributed by atoms with Crippen molar-refractivity contribution in [1.29, 1.82) is 0 Å². The average molecular weight is 325 g/mol. The third-order valence-electron chi connectivity index (χ3n) is 4.40. The van der Waals surface area contributed by atoms with Crippen molar-refractivity contribution in [3.63, 3.8) is 0 Å². The van der Waals surface area contributed by atoms with E-state index in [1.54, 1.807) is 13.1 Å². The molecule has 1 saturated heterocycles. The first kappa shape index (κ1) is 16.5. The maximum Gasteiger partial charge on any atom is 0.269 e. The third-order valence-corrected chi connectivity index (χ3v) is 4.40. The molecular formula is C18H23N5O. The number of nitrogens with one attached hydrogen (secondary N) is 1. The van der Waals surface area contributed by atoms with E-state index in [4.69, 9.17) is 0 Å². The predicted octanol–water partition coefficient (Wildman–Crippen LogP) is 1.69. The van der Waals surface area contributed by atoms with Gasteiger partial charge in [0, 0.05) is 32.0 Å². The lowest BCUT2D eigenvalue weighted by atomic mass is 9.93. The Morgan fingerprint density at radius 2 is 2.21 bits per heavy atom. The van der Waals surface area contributed by atoms with Gasteiger partial charge in [-0.25, -0.2) is 9.97 Å². The summed E-state index contributed by atoms with van der Waals surface area (Å²) in [5.74, 6) is 0.383. The van der Waals surface area contributed by atoms with Crippen molar-refractivity contribution in [2.24, 2.45) is 5.92 Å². The minimum atomic E-state index is -0.168. The number of hydrogen-bond acceptors (Lipinski definition) is 5. The fourth-order valence-electron chi connectivity index (χ4n) is 3.24. The molecule has 1 fully saturated rings. The maximum absolute atomic E-state index is 11.7. The Bertz CT molecular complexity index is 676. The average Bonchev–Trinajstić information content (AvgIpc) is 2.62. The van der Waals surface area contributed by atoms with E-state index in [9.17, 15) is 4.79 Å². The largest absolute Gasteiger partial charge is 0.354 e. The highest BCUT2D eigenvalue weighted by molar-refractivity contribution is 5.91. The summed E-state index contributed by atoms with van der Waals surface area (Å²) in [6.45, 7) is 3.04. The molecule has 1 aliphatic rings. The van der Waals surface area contributed by atoms with Gasteiger partial charge in [-0.05, 0) is 49.9 Å². The molecule has 1 unspecified atom stereocenters. The topological polar surface area (TPSA) is 71.0 Å². The SMILES string of the molecule is CNC(=O)c1cc(CC2CCCN(Cc3ccccn3)C2)ncn1. The number of amides is 1. The van der Waals surface area contributed by atoms with Crippen LogP contribution in [-0.4, -0.2) is 45.9 Å². The van der Waals surface area contributed by atoms with E-state index in [0.717, 1.165) is 37.4 Å². The molecule has 6 nitrogen and oxygen atoms in total. The minimum absolute atomic E-state index is 0.168. The molecule has 6 heteroatoms. The predicted molar refractivity (Wildman–Crippen MR) is 91.4 cm³/mol. The smallest absolute Gasteiger partial charge is 0.269 e. The Balaban J connectivity index is 1.60. The van der Waals surface area contributed by atoms with Gasteiger partial charge in [0.15, 0.2) is 0 Å². The number of aromatic nitrogens is 3. The number of piperidine rings is 1. The molecule has 1 aliphatic heterocycles. The summed E-state index contributed by atoms with van der Waals surface area (Å²) in [6.07, 6.45) is 6.58. The van der Waals surface area contributed by atoms with E-state index in [1.807, 2.05) is 18.3 Å². The Morgan fingerprint density at radius 3 is 3.00 bits per heavy atom. The molecule has 0 radical (unpaired) electrons. The van der Waals surface area contributed by atoms with Gasteiger partial charge in [-0.2, -0.15) is 0 Å². The number of likely N-dealkylation sites (tertiary alicyclic amines) is 1. The molecule has 2 aromatic rings. The summed E-state index contributed by atoms with van der Waals surface area (Å²) in [6, 6.07) is 7.85. The summed E-state index contributed by atoms with van der Waals surface area (Å²) < 4.78 is 0. The van der Waals surface area contributed by atoms with Crippen molar-refractivity contribution in [3.05, 3.63) is 53.9 Å². The molecule has 126 valence electrons. The molecule has 0 aromatic carbocycles. The molecule has 3 heterocycles. The van der Waals surface area contributed by atoms with Crippen molar-refractivity contribution in [3.8, 4) is 0 Å². The molecule has 2 aromatic heterocycles. The van der Waals surface area contributed by atoms with Gasteiger partial charge in [-0.3, -0.25) is 14.7 Å². The van der Waals surface area contributed by atoms with Crippen LogP contribution in [-0.2, 0) is 13.0 Å². The first-order chi connectivity index (χ1) is 11.7. The fraction of sp³-hybridized carbons (Fsp3) is 0.444. The third kappa shape index (κ3) is 4.35. The number of hydrogen-bond donors (Lipinski definition) is 1. The van der Waals surface area contributed by atoms with E-state index in [2.05, 4.69) is 31.2 Å². The van der Waals surface area contributed by atoms with Crippen LogP contribution in [0.25, 0.3) is 0 Å². The highest BCUT2D eigenvalue weighted by Crippen LogP contribution is 2.21. The molecule has 0 saturated carbocycles. The minimum Gasteiger partial charge on any atom is -0.354 e. The molecular weight excluding hydrogens is 302 g/mol. The van der Waals surface area contributed by atoms with Crippen LogP contribution in [0.2, 0.25) is 0 Å². The highest BCUT2D eigenvalue weighted by atomic mass is 16.1. The second-order valence-electron chi connectivity index (χ2n) is 6.24. The zero-order valence-corrected chi connectivity index (χ0v) is 14.0. The zero-order chi connectivity index (χ0) is 16.8. The molecule has 0 aliphatic carbocycles. The standard InChI is InChI=1S/C18H23N5O/c1-19-18(24)17-10-16(21-13-22-17)9-14-5-4-8-23(11-14)12-15-6-2-3-7-20-15/h2-3,6-7,10,13-14H,4-5,8-9,11-12H2,1H3,(H,19,24). The monoisotopic (exact) mass is 325 g/mol. The number of carbonyl (C=O) groups excluding carboxylic acids is 1. The van der Waals surface area contributed by atoms with Gasteiger partial charge in [-0.15, -0.1) is 0 Å². The van der Waals surface area contributed by atoms with Crippen LogP contribution in [0.15, 0.2) is 36.8 Å². The Labute approximate surface area is 142 Å². The van der Waals surface area contributed by atoms with Crippen molar-refractivity contribution in [2.75, 3.05) is 20.1 Å². The van der Waals surface area contributed by atoms with E-state index in [0.29, 0.717) is 11.6 Å². The lowest BCUT2D eigenvalue weighted by Crippen LogP contribution is -2.36. The summed E-state index contributed by atoms with van der Waals surface area (Å²) in [7, 11) is 1.61. The van der Waals surface area contributed by atoms with Crippen molar-refractivity contribution in [1.82, 2.24) is 25.2 Å². The Hall–Kier alpha value is -2.34. The van der Waals surface area contributed by atoms with Crippen LogP contribution in [0, 0.1) is 5.92 Å². The second-order valence-corrected chi connectivity index (χ2v) is 6.24. The summed E-state index contributed by atoms with van der Waals surface area (Å²) in [5.41, 5.74) is 2.49. The second kappa shape index (κ2) is 7.97. The van der Waals surface area contributed by atoms with Crippen LogP contribution in [0.5, 0.6) is 0 Å². The number of nitrogens with zero attached hydrogens (tertiary/aromatic N) is 4. The normalized spacial score (nSPS) is 18.3. The molecule has 1 amide bonds. The fourth-order valence-corrected chi connectivity index (χ4v) is 3.24. The van der Waals surface area contributed by atoms with Gasteiger partial charge in [0.25, 0.3) is 5.91 Å². The molecule has 1 atom stereocenters. The maximum atomic E-state index is 11.7. The summed E-state index contributed by atoms with van der Waals surface area (Å²) in [5, 5.41) is 2.60. The quantitative estimate of drug-likeness (QED) is 0.906. The van der Waals surface area contributed by atoms with Gasteiger partial charge in [0.1, 0.15) is 12.0 Å². The molecule has 24 heavy (non-hydrogen) atoms. The van der Waals surface area contributed by atoms with E-state index in [-0.39, 0.29) is 5.91 Å².